The monoisotopic (exact) mass is 299 g/mol. The molecule has 0 N–H and O–H groups in total. The molecule has 0 bridgehead atoms. The Morgan fingerprint density at radius 3 is 1.74 bits per heavy atom. The topological polar surface area (TPSA) is 31.4 Å². The maximum Gasteiger partial charge on any atom is 0.261 e. The van der Waals surface area contributed by atoms with Gasteiger partial charge in [0, 0.05) is 5.46 Å². The highest BCUT2D eigenvalue weighted by Gasteiger charge is 2.41. The highest BCUT2D eigenvalue weighted by Crippen LogP contribution is 2.34. The molecule has 0 atom stereocenters. The van der Waals surface area contributed by atoms with Gasteiger partial charge < -0.3 is 9.47 Å². The lowest BCUT2D eigenvalue weighted by molar-refractivity contribution is 0.460. The van der Waals surface area contributed by atoms with E-state index in [4.69, 9.17) is 9.47 Å². The van der Waals surface area contributed by atoms with Crippen LogP contribution in [0.25, 0.3) is 0 Å². The van der Waals surface area contributed by atoms with Crippen LogP contribution in [0.5, 0.6) is 23.0 Å². The Morgan fingerprint density at radius 2 is 1.22 bits per heavy atom. The van der Waals surface area contributed by atoms with Crippen molar-refractivity contribution in [3.05, 3.63) is 59.9 Å². The number of rotatable bonds is 0. The van der Waals surface area contributed by atoms with Crippen molar-refractivity contribution in [2.75, 3.05) is 0 Å². The van der Waals surface area contributed by atoms with Crippen LogP contribution in [0.15, 0.2) is 48.8 Å². The molecule has 3 heterocycles. The number of hydrogen-bond acceptors (Lipinski definition) is 3. The van der Waals surface area contributed by atoms with Gasteiger partial charge in [0.2, 0.25) is 0 Å². The van der Waals surface area contributed by atoms with Crippen molar-refractivity contribution in [2.45, 2.75) is 13.8 Å². The maximum atomic E-state index is 6.12. The number of benzene rings is 2. The van der Waals surface area contributed by atoms with Gasteiger partial charge in [-0.3, -0.25) is 4.98 Å². The van der Waals surface area contributed by atoms with Crippen molar-refractivity contribution in [3.63, 3.8) is 0 Å². The van der Waals surface area contributed by atoms with Crippen LogP contribution in [0.4, 0.5) is 0 Å². The van der Waals surface area contributed by atoms with E-state index in [2.05, 4.69) is 31.0 Å². The second kappa shape index (κ2) is 4.38. The molecule has 23 heavy (non-hydrogen) atoms. The lowest BCUT2D eigenvalue weighted by Crippen LogP contribution is -2.59. The first-order chi connectivity index (χ1) is 11.2. The second-order valence-electron chi connectivity index (χ2n) is 6.16. The van der Waals surface area contributed by atoms with E-state index in [1.807, 2.05) is 24.3 Å². The Hall–Kier alpha value is -2.75. The Morgan fingerprint density at radius 1 is 0.696 bits per heavy atom. The van der Waals surface area contributed by atoms with Gasteiger partial charge in [0.1, 0.15) is 23.0 Å². The van der Waals surface area contributed by atoms with Gasteiger partial charge in [-0.05, 0) is 36.9 Å². The smallest absolute Gasteiger partial charge is 0.261 e. The van der Waals surface area contributed by atoms with E-state index in [1.54, 1.807) is 12.4 Å². The Kier molecular flexibility index (Phi) is 2.43. The molecular formula is C19H14BNO2. The summed E-state index contributed by atoms with van der Waals surface area (Å²) < 4.78 is 12.2. The van der Waals surface area contributed by atoms with E-state index < -0.39 is 0 Å². The summed E-state index contributed by atoms with van der Waals surface area (Å²) in [4.78, 5) is 4.28. The summed E-state index contributed by atoms with van der Waals surface area (Å²) in [5.74, 6) is 3.41. The summed E-state index contributed by atoms with van der Waals surface area (Å²) in [6.45, 7) is 4.42. The molecule has 2 aliphatic heterocycles. The van der Waals surface area contributed by atoms with Crippen LogP contribution in [0.2, 0.25) is 0 Å². The Labute approximate surface area is 135 Å². The zero-order valence-electron chi connectivity index (χ0n) is 13.0. The van der Waals surface area contributed by atoms with Crippen LogP contribution < -0.4 is 25.9 Å². The minimum absolute atomic E-state index is 0.137. The van der Waals surface area contributed by atoms with E-state index in [9.17, 15) is 0 Å². The third kappa shape index (κ3) is 1.63. The number of pyridine rings is 1. The van der Waals surface area contributed by atoms with Crippen molar-refractivity contribution < 1.29 is 9.47 Å². The Bertz CT molecular complexity index is 861. The summed E-state index contributed by atoms with van der Waals surface area (Å²) >= 11 is 0. The van der Waals surface area contributed by atoms with Gasteiger partial charge >= 0.3 is 0 Å². The summed E-state index contributed by atoms with van der Waals surface area (Å²) in [6.07, 6.45) is 3.56. The number of ether oxygens (including phenoxy) is 2. The van der Waals surface area contributed by atoms with Crippen LogP contribution in [0.3, 0.4) is 0 Å². The highest BCUT2D eigenvalue weighted by molar-refractivity contribution is 6.98. The molecule has 3 nitrogen and oxygen atoms in total. The first-order valence-electron chi connectivity index (χ1n) is 7.76. The largest absolute Gasteiger partial charge is 0.457 e. The molecule has 0 amide bonds. The molecule has 0 unspecified atom stereocenters. The average molecular weight is 299 g/mol. The van der Waals surface area contributed by atoms with Gasteiger partial charge in [0.15, 0.2) is 0 Å². The van der Waals surface area contributed by atoms with Crippen molar-refractivity contribution in [2.24, 2.45) is 0 Å². The SMILES string of the molecule is Cc1cccc2c1B1c3c(C)cccc3Oc3cncc(c31)O2. The van der Waals surface area contributed by atoms with Gasteiger partial charge in [-0.15, -0.1) is 0 Å². The van der Waals surface area contributed by atoms with Gasteiger partial charge in [-0.1, -0.05) is 35.4 Å². The highest BCUT2D eigenvalue weighted by atomic mass is 16.5. The zero-order chi connectivity index (χ0) is 15.6. The molecule has 0 saturated carbocycles. The number of aryl methyl sites for hydroxylation is 2. The molecule has 1 aromatic heterocycles. The molecule has 0 spiro atoms. The summed E-state index contributed by atoms with van der Waals surface area (Å²) in [5, 5.41) is 0. The van der Waals surface area contributed by atoms with E-state index >= 15 is 0 Å². The fraction of sp³-hybridized carbons (Fsp3) is 0.105. The molecule has 110 valence electrons. The molecule has 3 aromatic rings. The Balaban J connectivity index is 1.91. The van der Waals surface area contributed by atoms with Crippen molar-refractivity contribution in [3.8, 4) is 23.0 Å². The average Bonchev–Trinajstić information content (AvgIpc) is 2.55. The van der Waals surface area contributed by atoms with Crippen molar-refractivity contribution >= 4 is 23.1 Å². The third-order valence-electron chi connectivity index (χ3n) is 4.79. The summed E-state index contributed by atoms with van der Waals surface area (Å²) in [7, 11) is 0. The molecule has 0 radical (unpaired) electrons. The van der Waals surface area contributed by atoms with E-state index in [1.165, 1.54) is 22.1 Å². The first-order valence-corrected chi connectivity index (χ1v) is 7.76. The quantitative estimate of drug-likeness (QED) is 0.412. The van der Waals surface area contributed by atoms with Crippen LogP contribution in [0, 0.1) is 13.8 Å². The van der Waals surface area contributed by atoms with Gasteiger partial charge in [0.05, 0.1) is 12.4 Å². The molecule has 4 heteroatoms. The molecule has 0 saturated heterocycles. The van der Waals surface area contributed by atoms with Gasteiger partial charge in [-0.2, -0.15) is 0 Å². The molecular weight excluding hydrogens is 285 g/mol. The molecule has 0 aliphatic carbocycles. The third-order valence-corrected chi connectivity index (χ3v) is 4.79. The zero-order valence-corrected chi connectivity index (χ0v) is 13.0. The van der Waals surface area contributed by atoms with Gasteiger partial charge in [-0.25, -0.2) is 0 Å². The van der Waals surface area contributed by atoms with E-state index in [-0.39, 0.29) is 6.71 Å². The molecule has 2 aliphatic rings. The minimum Gasteiger partial charge on any atom is -0.457 e. The maximum absolute atomic E-state index is 6.12. The number of fused-ring (bicyclic) bond motifs is 4. The van der Waals surface area contributed by atoms with Crippen LogP contribution in [-0.2, 0) is 0 Å². The second-order valence-corrected chi connectivity index (χ2v) is 6.16. The van der Waals surface area contributed by atoms with E-state index in [0.717, 1.165) is 28.5 Å². The van der Waals surface area contributed by atoms with Crippen molar-refractivity contribution in [1.82, 2.24) is 4.98 Å². The van der Waals surface area contributed by atoms with Crippen LogP contribution >= 0.6 is 0 Å². The number of aromatic nitrogens is 1. The normalized spacial score (nSPS) is 13.4. The lowest BCUT2D eigenvalue weighted by Gasteiger charge is -2.34. The predicted octanol–water partition coefficient (Wildman–Crippen LogP) is 2.43. The molecule has 0 fully saturated rings. The van der Waals surface area contributed by atoms with E-state index in [0.29, 0.717) is 0 Å². The first kappa shape index (κ1) is 12.8. The van der Waals surface area contributed by atoms with Crippen molar-refractivity contribution in [1.29, 1.82) is 0 Å². The van der Waals surface area contributed by atoms with Crippen LogP contribution in [0.1, 0.15) is 11.1 Å². The fourth-order valence-corrected chi connectivity index (χ4v) is 3.78. The standard InChI is InChI=1S/C19H14BNO2/c1-11-5-3-7-13-17(11)20-18-12(2)6-4-8-14(18)23-16-10-21-9-15(22-13)19(16)20/h3-10H,1-2H3. The number of nitrogens with zero attached hydrogens (tertiary/aromatic N) is 1. The molecule has 5 rings (SSSR count). The molecule has 2 aromatic carbocycles. The summed E-state index contributed by atoms with van der Waals surface area (Å²) in [6, 6.07) is 12.4. The van der Waals surface area contributed by atoms with Gasteiger partial charge in [0.25, 0.3) is 6.71 Å². The lowest BCUT2D eigenvalue weighted by atomic mass is 9.33. The number of hydrogen-bond donors (Lipinski definition) is 0. The predicted molar refractivity (Wildman–Crippen MR) is 91.4 cm³/mol. The fourth-order valence-electron chi connectivity index (χ4n) is 3.78. The minimum atomic E-state index is 0.137. The van der Waals surface area contributed by atoms with Crippen LogP contribution in [-0.4, -0.2) is 11.7 Å². The summed E-state index contributed by atoms with van der Waals surface area (Å²) in [5.41, 5.74) is 6.01.